The summed E-state index contributed by atoms with van der Waals surface area (Å²) in [5, 5.41) is 4.95. The summed E-state index contributed by atoms with van der Waals surface area (Å²) in [7, 11) is -4.04. The first kappa shape index (κ1) is 24.1. The number of nitrogens with zero attached hydrogens (tertiary/aromatic N) is 2. The number of benzene rings is 3. The number of rotatable bonds is 7. The number of amides is 1. The molecule has 0 aliphatic rings. The average Bonchev–Trinajstić information content (AvgIpc) is 2.75. The molecule has 0 aromatic heterocycles. The predicted molar refractivity (Wildman–Crippen MR) is 129 cm³/mol. The third kappa shape index (κ3) is 6.01. The third-order valence-corrected chi connectivity index (χ3v) is 7.10. The number of nitrogens with one attached hydrogen (secondary N) is 1. The van der Waals surface area contributed by atoms with Crippen LogP contribution < -0.4 is 9.73 Å². The lowest BCUT2D eigenvalue weighted by Gasteiger charge is -2.24. The smallest absolute Gasteiger partial charge is 0.264 e. The van der Waals surface area contributed by atoms with Gasteiger partial charge >= 0.3 is 0 Å². The molecule has 0 radical (unpaired) electrons. The Kier molecular flexibility index (Phi) is 7.79. The Balaban J connectivity index is 1.84. The van der Waals surface area contributed by atoms with Gasteiger partial charge in [-0.15, -0.1) is 0 Å². The van der Waals surface area contributed by atoms with Crippen molar-refractivity contribution in [1.29, 1.82) is 0 Å². The molecule has 0 unspecified atom stereocenters. The fourth-order valence-corrected chi connectivity index (χ4v) is 4.62. The lowest BCUT2D eigenvalue weighted by Crippen LogP contribution is -2.39. The van der Waals surface area contributed by atoms with Crippen LogP contribution in [-0.2, 0) is 14.8 Å². The highest BCUT2D eigenvalue weighted by molar-refractivity contribution is 7.92. The zero-order chi connectivity index (χ0) is 23.3. The zero-order valence-corrected chi connectivity index (χ0v) is 19.9. The largest absolute Gasteiger partial charge is 0.271 e. The summed E-state index contributed by atoms with van der Waals surface area (Å²) in [6.45, 7) is 1.35. The summed E-state index contributed by atoms with van der Waals surface area (Å²) in [6, 6.07) is 17.5. The second-order valence-corrected chi connectivity index (χ2v) is 9.88. The second-order valence-electron chi connectivity index (χ2n) is 6.77. The Hall–Kier alpha value is -2.58. The minimum atomic E-state index is -4.04. The molecule has 3 aromatic carbocycles. The Bertz CT molecular complexity index is 1260. The average molecular weight is 511 g/mol. The normalized spacial score (nSPS) is 11.5. The van der Waals surface area contributed by atoms with E-state index in [0.717, 1.165) is 9.87 Å². The number of hydrazone groups is 1. The van der Waals surface area contributed by atoms with E-state index >= 15 is 0 Å². The van der Waals surface area contributed by atoms with E-state index in [1.165, 1.54) is 24.4 Å². The number of carbonyl (C=O) groups excluding carboxylic acids is 1. The van der Waals surface area contributed by atoms with Gasteiger partial charge < -0.3 is 0 Å². The predicted octanol–water partition coefficient (Wildman–Crippen LogP) is 5.30. The standard InChI is InChI=1S/C22H18Cl3N3O3S/c1-15-5-8-19(9-6-15)32(30,31)28(18-4-2-3-17(23)12-18)14-22(29)27-26-13-16-7-10-20(24)21(25)11-16/h2-13H,14H2,1H3,(H,27,29)/b26-13+. The molecule has 1 amide bonds. The van der Waals surface area contributed by atoms with Gasteiger partial charge in [0.15, 0.2) is 0 Å². The molecule has 0 aliphatic carbocycles. The number of hydrogen-bond acceptors (Lipinski definition) is 4. The summed E-state index contributed by atoms with van der Waals surface area (Å²) >= 11 is 17.9. The maximum Gasteiger partial charge on any atom is 0.264 e. The van der Waals surface area contributed by atoms with Crippen molar-refractivity contribution in [3.8, 4) is 0 Å². The molecule has 0 bridgehead atoms. The maximum absolute atomic E-state index is 13.3. The van der Waals surface area contributed by atoms with Crippen LogP contribution in [-0.4, -0.2) is 27.1 Å². The first-order valence-electron chi connectivity index (χ1n) is 9.29. The van der Waals surface area contributed by atoms with Gasteiger partial charge in [-0.1, -0.05) is 64.6 Å². The lowest BCUT2D eigenvalue weighted by molar-refractivity contribution is -0.119. The molecule has 3 rings (SSSR count). The first-order chi connectivity index (χ1) is 15.2. The van der Waals surface area contributed by atoms with Gasteiger partial charge in [-0.2, -0.15) is 5.10 Å². The molecule has 1 N–H and O–H groups in total. The highest BCUT2D eigenvalue weighted by atomic mass is 35.5. The fourth-order valence-electron chi connectivity index (χ4n) is 2.72. The Morgan fingerprint density at radius 1 is 1.00 bits per heavy atom. The van der Waals surface area contributed by atoms with Crippen LogP contribution in [0, 0.1) is 6.92 Å². The van der Waals surface area contributed by atoms with Crippen molar-refractivity contribution in [1.82, 2.24) is 5.43 Å². The van der Waals surface area contributed by atoms with Gasteiger partial charge in [-0.05, 0) is 55.0 Å². The van der Waals surface area contributed by atoms with Crippen molar-refractivity contribution in [3.63, 3.8) is 0 Å². The van der Waals surface area contributed by atoms with Crippen LogP contribution in [0.15, 0.2) is 76.7 Å². The molecule has 10 heteroatoms. The second kappa shape index (κ2) is 10.4. The molecule has 0 saturated carbocycles. The van der Waals surface area contributed by atoms with Crippen molar-refractivity contribution < 1.29 is 13.2 Å². The van der Waals surface area contributed by atoms with E-state index in [9.17, 15) is 13.2 Å². The van der Waals surface area contributed by atoms with E-state index in [4.69, 9.17) is 34.8 Å². The lowest BCUT2D eigenvalue weighted by atomic mass is 10.2. The first-order valence-corrected chi connectivity index (χ1v) is 11.9. The van der Waals surface area contributed by atoms with Gasteiger partial charge in [0.25, 0.3) is 15.9 Å². The topological polar surface area (TPSA) is 78.8 Å². The van der Waals surface area contributed by atoms with Crippen molar-refractivity contribution in [2.75, 3.05) is 10.8 Å². The van der Waals surface area contributed by atoms with Crippen LogP contribution in [0.2, 0.25) is 15.1 Å². The Morgan fingerprint density at radius 3 is 2.38 bits per heavy atom. The molecule has 0 aliphatic heterocycles. The Labute approximate surface area is 201 Å². The van der Waals surface area contributed by atoms with Gasteiger partial charge in [-0.3, -0.25) is 9.10 Å². The fraction of sp³-hybridized carbons (Fsp3) is 0.0909. The van der Waals surface area contributed by atoms with Gasteiger partial charge in [-0.25, -0.2) is 13.8 Å². The molecule has 0 fully saturated rings. The zero-order valence-electron chi connectivity index (χ0n) is 16.8. The van der Waals surface area contributed by atoms with E-state index in [-0.39, 0.29) is 10.6 Å². The number of aryl methyl sites for hydroxylation is 1. The van der Waals surface area contributed by atoms with Gasteiger partial charge in [0.05, 0.1) is 26.8 Å². The molecule has 0 saturated heterocycles. The maximum atomic E-state index is 13.3. The van der Waals surface area contributed by atoms with Crippen LogP contribution in [0.5, 0.6) is 0 Å². The molecule has 0 heterocycles. The van der Waals surface area contributed by atoms with Crippen LogP contribution in [0.4, 0.5) is 5.69 Å². The number of halogens is 3. The number of carbonyl (C=O) groups is 1. The summed E-state index contributed by atoms with van der Waals surface area (Å²) in [6.07, 6.45) is 1.37. The summed E-state index contributed by atoms with van der Waals surface area (Å²) in [5.74, 6) is -0.642. The van der Waals surface area contributed by atoms with Crippen LogP contribution in [0.3, 0.4) is 0 Å². The summed E-state index contributed by atoms with van der Waals surface area (Å²) in [4.78, 5) is 12.6. The quantitative estimate of drug-likeness (QED) is 0.346. The minimum Gasteiger partial charge on any atom is -0.271 e. The van der Waals surface area contributed by atoms with Gasteiger partial charge in [0.2, 0.25) is 0 Å². The highest BCUT2D eigenvalue weighted by Gasteiger charge is 2.27. The summed E-state index contributed by atoms with van der Waals surface area (Å²) < 4.78 is 27.6. The van der Waals surface area contributed by atoms with E-state index in [1.807, 2.05) is 6.92 Å². The molecule has 3 aromatic rings. The number of hydrogen-bond donors (Lipinski definition) is 1. The van der Waals surface area contributed by atoms with Gasteiger partial charge in [0.1, 0.15) is 6.54 Å². The van der Waals surface area contributed by atoms with Crippen molar-refractivity contribution in [3.05, 3.63) is 92.9 Å². The molecular weight excluding hydrogens is 493 g/mol. The number of anilines is 1. The van der Waals surface area contributed by atoms with Crippen LogP contribution in [0.25, 0.3) is 0 Å². The van der Waals surface area contributed by atoms with Crippen LogP contribution in [0.1, 0.15) is 11.1 Å². The van der Waals surface area contributed by atoms with E-state index in [0.29, 0.717) is 20.6 Å². The highest BCUT2D eigenvalue weighted by Crippen LogP contribution is 2.26. The molecular formula is C22H18Cl3N3O3S. The van der Waals surface area contributed by atoms with E-state index in [2.05, 4.69) is 10.5 Å². The molecule has 0 atom stereocenters. The van der Waals surface area contributed by atoms with Crippen LogP contribution >= 0.6 is 34.8 Å². The molecule has 32 heavy (non-hydrogen) atoms. The van der Waals surface area contributed by atoms with Gasteiger partial charge in [0, 0.05) is 5.02 Å². The third-order valence-electron chi connectivity index (χ3n) is 4.34. The number of sulfonamides is 1. The molecule has 0 spiro atoms. The van der Waals surface area contributed by atoms with Crippen molar-refractivity contribution in [2.45, 2.75) is 11.8 Å². The van der Waals surface area contributed by atoms with Crippen molar-refractivity contribution in [2.24, 2.45) is 5.10 Å². The van der Waals surface area contributed by atoms with E-state index < -0.39 is 22.5 Å². The van der Waals surface area contributed by atoms with Crippen molar-refractivity contribution >= 4 is 62.6 Å². The molecule has 6 nitrogen and oxygen atoms in total. The minimum absolute atomic E-state index is 0.0511. The monoisotopic (exact) mass is 509 g/mol. The SMILES string of the molecule is Cc1ccc(S(=O)(=O)N(CC(=O)N/N=C/c2ccc(Cl)c(Cl)c2)c2cccc(Cl)c2)cc1. The Morgan fingerprint density at radius 2 is 1.72 bits per heavy atom. The van der Waals surface area contributed by atoms with E-state index in [1.54, 1.807) is 48.5 Å². The summed E-state index contributed by atoms with van der Waals surface area (Å²) in [5.41, 5.74) is 4.10. The molecule has 166 valence electrons.